The van der Waals surface area contributed by atoms with E-state index in [0.717, 1.165) is 4.90 Å². The van der Waals surface area contributed by atoms with E-state index in [-0.39, 0.29) is 24.5 Å². The zero-order valence-electron chi connectivity index (χ0n) is 12.1. The van der Waals surface area contributed by atoms with E-state index in [1.807, 2.05) is 18.4 Å². The van der Waals surface area contributed by atoms with Crippen LogP contribution < -0.4 is 0 Å². The summed E-state index contributed by atoms with van der Waals surface area (Å²) in [6, 6.07) is 7.06. The van der Waals surface area contributed by atoms with E-state index in [4.69, 9.17) is 9.84 Å². The van der Waals surface area contributed by atoms with E-state index < -0.39 is 5.97 Å². The van der Waals surface area contributed by atoms with Crippen LogP contribution in [0.5, 0.6) is 0 Å². The van der Waals surface area contributed by atoms with Crippen LogP contribution in [-0.4, -0.2) is 53.9 Å². The summed E-state index contributed by atoms with van der Waals surface area (Å²) in [5, 5.41) is 8.99. The molecule has 0 aromatic heterocycles. The van der Waals surface area contributed by atoms with Gasteiger partial charge < -0.3 is 14.7 Å². The number of thioether (sulfide) groups is 1. The molecule has 0 bridgehead atoms. The summed E-state index contributed by atoms with van der Waals surface area (Å²) >= 11 is 1.61. The molecule has 21 heavy (non-hydrogen) atoms. The third-order valence-electron chi connectivity index (χ3n) is 3.72. The number of ether oxygens (including phenoxy) is 1. The summed E-state index contributed by atoms with van der Waals surface area (Å²) in [6.07, 6.45) is 2.40. The number of benzene rings is 1. The largest absolute Gasteiger partial charge is 0.481 e. The Balaban J connectivity index is 2.15. The first-order chi connectivity index (χ1) is 10.0. The summed E-state index contributed by atoms with van der Waals surface area (Å²) in [6.45, 7) is 0.442. The van der Waals surface area contributed by atoms with E-state index in [9.17, 15) is 9.59 Å². The molecule has 1 fully saturated rings. The van der Waals surface area contributed by atoms with Gasteiger partial charge in [0.15, 0.2) is 0 Å². The number of carboxylic acids is 1. The molecule has 0 aliphatic carbocycles. The molecule has 0 radical (unpaired) electrons. The van der Waals surface area contributed by atoms with Crippen LogP contribution in [0.25, 0.3) is 0 Å². The van der Waals surface area contributed by atoms with Gasteiger partial charge in [0.2, 0.25) is 0 Å². The molecule has 114 valence electrons. The molecule has 1 aliphatic heterocycles. The predicted octanol–water partition coefficient (Wildman–Crippen LogP) is 2.11. The molecule has 1 aliphatic rings. The van der Waals surface area contributed by atoms with Crippen molar-refractivity contribution in [3.05, 3.63) is 29.8 Å². The van der Waals surface area contributed by atoms with Crippen LogP contribution in [0.1, 0.15) is 23.2 Å². The Labute approximate surface area is 128 Å². The number of carboxylic acid groups (broad SMARTS) is 1. The second kappa shape index (κ2) is 6.95. The molecule has 0 spiro atoms. The zero-order valence-corrected chi connectivity index (χ0v) is 12.9. The van der Waals surface area contributed by atoms with Gasteiger partial charge in [-0.3, -0.25) is 9.59 Å². The van der Waals surface area contributed by atoms with E-state index in [1.165, 1.54) is 0 Å². The standard InChI is InChI=1S/C15H19NO4S/c1-20-12-7-11(8-14(17)18)16(9-12)15(19)10-3-5-13(21-2)6-4-10/h3-6,11-12H,7-9H2,1-2H3,(H,17,18). The summed E-state index contributed by atoms with van der Waals surface area (Å²) in [4.78, 5) is 26.2. The van der Waals surface area contributed by atoms with Gasteiger partial charge in [-0.2, -0.15) is 0 Å². The van der Waals surface area contributed by atoms with Crippen molar-refractivity contribution < 1.29 is 19.4 Å². The molecule has 2 unspecified atom stereocenters. The molecule has 1 amide bonds. The Morgan fingerprint density at radius 3 is 2.57 bits per heavy atom. The highest BCUT2D eigenvalue weighted by molar-refractivity contribution is 7.98. The quantitative estimate of drug-likeness (QED) is 0.844. The first-order valence-electron chi connectivity index (χ1n) is 6.74. The highest BCUT2D eigenvalue weighted by Crippen LogP contribution is 2.25. The molecule has 1 saturated heterocycles. The van der Waals surface area contributed by atoms with Gasteiger partial charge in [-0.1, -0.05) is 0 Å². The number of aliphatic carboxylic acids is 1. The highest BCUT2D eigenvalue weighted by atomic mass is 32.2. The fraction of sp³-hybridized carbons (Fsp3) is 0.467. The minimum absolute atomic E-state index is 0.0471. The Kier molecular flexibility index (Phi) is 5.25. The van der Waals surface area contributed by atoms with Crippen molar-refractivity contribution in [3.8, 4) is 0 Å². The van der Waals surface area contributed by atoms with Crippen LogP contribution in [0.4, 0.5) is 0 Å². The van der Waals surface area contributed by atoms with Gasteiger partial charge in [0.1, 0.15) is 0 Å². The molecule has 6 heteroatoms. The lowest BCUT2D eigenvalue weighted by molar-refractivity contribution is -0.137. The molecule has 5 nitrogen and oxygen atoms in total. The number of carbonyl (C=O) groups is 2. The molecule has 1 heterocycles. The summed E-state index contributed by atoms with van der Waals surface area (Å²) in [5.74, 6) is -1.03. The third-order valence-corrected chi connectivity index (χ3v) is 4.46. The zero-order chi connectivity index (χ0) is 15.4. The monoisotopic (exact) mass is 309 g/mol. The molecular formula is C15H19NO4S. The number of nitrogens with zero attached hydrogens (tertiary/aromatic N) is 1. The average Bonchev–Trinajstić information content (AvgIpc) is 2.89. The lowest BCUT2D eigenvalue weighted by Crippen LogP contribution is -2.37. The van der Waals surface area contributed by atoms with Gasteiger partial charge in [-0.25, -0.2) is 0 Å². The smallest absolute Gasteiger partial charge is 0.305 e. The van der Waals surface area contributed by atoms with Crippen molar-refractivity contribution in [2.75, 3.05) is 19.9 Å². The molecule has 1 aromatic carbocycles. The van der Waals surface area contributed by atoms with Crippen molar-refractivity contribution in [1.82, 2.24) is 4.90 Å². The summed E-state index contributed by atoms with van der Waals surface area (Å²) < 4.78 is 5.29. The molecule has 2 rings (SSSR count). The minimum Gasteiger partial charge on any atom is -0.481 e. The Bertz CT molecular complexity index is 517. The summed E-state index contributed by atoms with van der Waals surface area (Å²) in [7, 11) is 1.59. The predicted molar refractivity (Wildman–Crippen MR) is 80.7 cm³/mol. The van der Waals surface area contributed by atoms with Crippen LogP contribution in [0, 0.1) is 0 Å². The second-order valence-corrected chi connectivity index (χ2v) is 5.91. The van der Waals surface area contributed by atoms with Crippen LogP contribution in [0.15, 0.2) is 29.2 Å². The maximum atomic E-state index is 12.6. The van der Waals surface area contributed by atoms with Gasteiger partial charge in [0.05, 0.1) is 12.5 Å². The van der Waals surface area contributed by atoms with Gasteiger partial charge in [-0.15, -0.1) is 11.8 Å². The summed E-state index contributed by atoms with van der Waals surface area (Å²) in [5.41, 5.74) is 0.583. The number of methoxy groups -OCH3 is 1. The number of hydrogen-bond acceptors (Lipinski definition) is 4. The van der Waals surface area contributed by atoms with Crippen molar-refractivity contribution in [3.63, 3.8) is 0 Å². The van der Waals surface area contributed by atoms with Gasteiger partial charge in [0.25, 0.3) is 5.91 Å². The average molecular weight is 309 g/mol. The number of likely N-dealkylation sites (tertiary alicyclic amines) is 1. The lowest BCUT2D eigenvalue weighted by Gasteiger charge is -2.23. The van der Waals surface area contributed by atoms with E-state index in [0.29, 0.717) is 18.5 Å². The Hall–Kier alpha value is -1.53. The first-order valence-corrected chi connectivity index (χ1v) is 7.97. The number of carbonyl (C=O) groups excluding carboxylic acids is 1. The minimum atomic E-state index is -0.896. The maximum absolute atomic E-state index is 12.6. The first kappa shape index (κ1) is 15.9. The SMILES string of the molecule is COC1CC(CC(=O)O)N(C(=O)c2ccc(SC)cc2)C1. The van der Waals surface area contributed by atoms with Gasteiger partial charge >= 0.3 is 5.97 Å². The topological polar surface area (TPSA) is 66.8 Å². The molecule has 0 saturated carbocycles. The highest BCUT2D eigenvalue weighted by Gasteiger charge is 2.36. The van der Waals surface area contributed by atoms with Crippen molar-refractivity contribution in [2.24, 2.45) is 0 Å². The Morgan fingerprint density at radius 2 is 2.05 bits per heavy atom. The van der Waals surface area contributed by atoms with Crippen LogP contribution >= 0.6 is 11.8 Å². The second-order valence-electron chi connectivity index (χ2n) is 5.03. The molecular weight excluding hydrogens is 290 g/mol. The number of rotatable bonds is 5. The van der Waals surface area contributed by atoms with Crippen molar-refractivity contribution in [1.29, 1.82) is 0 Å². The third kappa shape index (κ3) is 3.77. The molecule has 1 aromatic rings. The van der Waals surface area contributed by atoms with Crippen LogP contribution in [0.2, 0.25) is 0 Å². The number of amides is 1. The van der Waals surface area contributed by atoms with Crippen LogP contribution in [-0.2, 0) is 9.53 Å². The van der Waals surface area contributed by atoms with Crippen molar-refractivity contribution >= 4 is 23.6 Å². The lowest BCUT2D eigenvalue weighted by atomic mass is 10.1. The maximum Gasteiger partial charge on any atom is 0.305 e. The van der Waals surface area contributed by atoms with E-state index >= 15 is 0 Å². The Morgan fingerprint density at radius 1 is 1.38 bits per heavy atom. The van der Waals surface area contributed by atoms with Crippen molar-refractivity contribution in [2.45, 2.75) is 29.9 Å². The van der Waals surface area contributed by atoms with E-state index in [2.05, 4.69) is 0 Å². The fourth-order valence-electron chi connectivity index (χ4n) is 2.59. The normalized spacial score (nSPS) is 21.5. The number of hydrogen-bond donors (Lipinski definition) is 1. The van der Waals surface area contributed by atoms with E-state index in [1.54, 1.807) is 35.9 Å². The van der Waals surface area contributed by atoms with Gasteiger partial charge in [-0.05, 0) is 36.9 Å². The molecule has 1 N–H and O–H groups in total. The fourth-order valence-corrected chi connectivity index (χ4v) is 3.00. The molecule has 2 atom stereocenters. The van der Waals surface area contributed by atoms with Gasteiger partial charge in [0, 0.05) is 30.2 Å². The van der Waals surface area contributed by atoms with Crippen LogP contribution in [0.3, 0.4) is 0 Å².